The standard InChI is InChI=1S/C24H24ClF3N4O3S/c1-23(11-3-4-20(23)36(34,35)18-8-5-16(26)6-9-18)22(33)30-12-15-14-32(31-21(15)25)17-7-10-19(29-13-17)24(2,27)28/h5-10,13-14,20H,3-4,11-12H2,1-2H3,(H,30,33). The van der Waals surface area contributed by atoms with Crippen molar-refractivity contribution in [1.29, 1.82) is 0 Å². The Kier molecular flexibility index (Phi) is 6.91. The molecule has 36 heavy (non-hydrogen) atoms. The molecule has 192 valence electrons. The number of halogens is 4. The van der Waals surface area contributed by atoms with Gasteiger partial charge in [0.2, 0.25) is 5.91 Å². The first-order valence-electron chi connectivity index (χ1n) is 11.2. The minimum absolute atomic E-state index is 0.0187. The van der Waals surface area contributed by atoms with Crippen LogP contribution in [-0.2, 0) is 27.1 Å². The van der Waals surface area contributed by atoms with Gasteiger partial charge in [0.15, 0.2) is 15.0 Å². The molecule has 7 nitrogen and oxygen atoms in total. The molecular weight excluding hydrogens is 517 g/mol. The molecule has 1 fully saturated rings. The van der Waals surface area contributed by atoms with Gasteiger partial charge < -0.3 is 5.32 Å². The first-order valence-corrected chi connectivity index (χ1v) is 13.1. The topological polar surface area (TPSA) is 94.0 Å². The number of benzene rings is 1. The summed E-state index contributed by atoms with van der Waals surface area (Å²) in [7, 11) is -3.88. The van der Waals surface area contributed by atoms with Gasteiger partial charge in [-0.25, -0.2) is 17.5 Å². The van der Waals surface area contributed by atoms with Crippen LogP contribution in [0.5, 0.6) is 0 Å². The molecule has 2 unspecified atom stereocenters. The lowest BCUT2D eigenvalue weighted by atomic mass is 9.87. The van der Waals surface area contributed by atoms with Crippen LogP contribution in [0.2, 0.25) is 5.15 Å². The van der Waals surface area contributed by atoms with Crippen LogP contribution in [0.25, 0.3) is 5.69 Å². The van der Waals surface area contributed by atoms with Crippen LogP contribution in [0, 0.1) is 11.2 Å². The minimum Gasteiger partial charge on any atom is -0.351 e. The SMILES string of the molecule is CC(F)(F)c1ccc(-n2cc(CNC(=O)C3(C)CCCC3S(=O)(=O)c3ccc(F)cc3)c(Cl)n2)cn1. The van der Waals surface area contributed by atoms with Crippen molar-refractivity contribution in [2.24, 2.45) is 5.41 Å². The van der Waals surface area contributed by atoms with Crippen LogP contribution in [0.15, 0.2) is 53.7 Å². The molecule has 1 aliphatic rings. The zero-order valence-electron chi connectivity index (χ0n) is 19.5. The maximum Gasteiger partial charge on any atom is 0.286 e. The van der Waals surface area contributed by atoms with E-state index in [1.54, 1.807) is 6.92 Å². The second-order valence-corrected chi connectivity index (χ2v) is 11.6. The fourth-order valence-electron chi connectivity index (χ4n) is 4.48. The number of aromatic nitrogens is 3. The first-order chi connectivity index (χ1) is 16.8. The molecule has 12 heteroatoms. The number of amides is 1. The number of hydrogen-bond donors (Lipinski definition) is 1. The van der Waals surface area contributed by atoms with Gasteiger partial charge in [-0.05, 0) is 56.2 Å². The Morgan fingerprint density at radius 1 is 1.25 bits per heavy atom. The lowest BCUT2D eigenvalue weighted by Gasteiger charge is -2.30. The minimum atomic E-state index is -3.88. The highest BCUT2D eigenvalue weighted by Crippen LogP contribution is 2.44. The molecule has 0 spiro atoms. The van der Waals surface area contributed by atoms with Gasteiger partial charge in [0.25, 0.3) is 5.92 Å². The molecule has 0 aliphatic heterocycles. The van der Waals surface area contributed by atoms with Gasteiger partial charge in [0.1, 0.15) is 11.5 Å². The summed E-state index contributed by atoms with van der Waals surface area (Å²) in [5.74, 6) is -4.07. The molecule has 0 radical (unpaired) electrons. The first kappa shape index (κ1) is 26.2. The summed E-state index contributed by atoms with van der Waals surface area (Å²) in [4.78, 5) is 16.9. The van der Waals surface area contributed by atoms with Gasteiger partial charge in [0.05, 0.1) is 27.4 Å². The number of carbonyl (C=O) groups is 1. The summed E-state index contributed by atoms with van der Waals surface area (Å²) in [5.41, 5.74) is -0.724. The van der Waals surface area contributed by atoms with Gasteiger partial charge >= 0.3 is 0 Å². The number of nitrogens with one attached hydrogen (secondary N) is 1. The van der Waals surface area contributed by atoms with Crippen LogP contribution < -0.4 is 5.32 Å². The molecule has 2 atom stereocenters. The highest BCUT2D eigenvalue weighted by Gasteiger charge is 2.51. The summed E-state index contributed by atoms with van der Waals surface area (Å²) in [6.45, 7) is 2.35. The average molecular weight is 541 g/mol. The number of nitrogens with zero attached hydrogens (tertiary/aromatic N) is 3. The highest BCUT2D eigenvalue weighted by molar-refractivity contribution is 7.92. The number of alkyl halides is 2. The number of pyridine rings is 1. The molecule has 0 bridgehead atoms. The Labute approximate surface area is 211 Å². The zero-order valence-corrected chi connectivity index (χ0v) is 21.1. The van der Waals surface area contributed by atoms with E-state index in [2.05, 4.69) is 15.4 Å². The van der Waals surface area contributed by atoms with Gasteiger partial charge in [0, 0.05) is 25.2 Å². The van der Waals surface area contributed by atoms with Crippen molar-refractivity contribution in [2.45, 2.75) is 55.7 Å². The van der Waals surface area contributed by atoms with Gasteiger partial charge in [-0.3, -0.25) is 9.78 Å². The number of carbonyl (C=O) groups excluding carboxylic acids is 1. The van der Waals surface area contributed by atoms with E-state index >= 15 is 0 Å². The van der Waals surface area contributed by atoms with E-state index in [0.717, 1.165) is 19.1 Å². The summed E-state index contributed by atoms with van der Waals surface area (Å²) in [5, 5.41) is 6.03. The monoisotopic (exact) mass is 540 g/mol. The molecular formula is C24H24ClF3N4O3S. The predicted octanol–water partition coefficient (Wildman–Crippen LogP) is 4.82. The van der Waals surface area contributed by atoms with E-state index in [-0.39, 0.29) is 22.3 Å². The van der Waals surface area contributed by atoms with E-state index in [0.29, 0.717) is 30.5 Å². The summed E-state index contributed by atoms with van der Waals surface area (Å²) >= 11 is 6.22. The van der Waals surface area contributed by atoms with Crippen molar-refractivity contribution >= 4 is 27.3 Å². The summed E-state index contributed by atoms with van der Waals surface area (Å²) < 4.78 is 68.0. The van der Waals surface area contributed by atoms with E-state index in [1.165, 1.54) is 41.3 Å². The Balaban J connectivity index is 1.49. The van der Waals surface area contributed by atoms with Crippen molar-refractivity contribution in [2.75, 3.05) is 0 Å². The van der Waals surface area contributed by atoms with E-state index < -0.39 is 38.1 Å². The zero-order chi connectivity index (χ0) is 26.3. The Hall–Kier alpha value is -2.92. The predicted molar refractivity (Wildman–Crippen MR) is 127 cm³/mol. The fourth-order valence-corrected chi connectivity index (χ4v) is 6.91. The third-order valence-electron chi connectivity index (χ3n) is 6.55. The van der Waals surface area contributed by atoms with E-state index in [9.17, 15) is 26.4 Å². The van der Waals surface area contributed by atoms with Crippen LogP contribution in [-0.4, -0.2) is 34.3 Å². The molecule has 2 heterocycles. The van der Waals surface area contributed by atoms with Crippen LogP contribution in [0.3, 0.4) is 0 Å². The summed E-state index contributed by atoms with van der Waals surface area (Å²) in [6.07, 6.45) is 4.00. The second-order valence-electron chi connectivity index (χ2n) is 9.16. The Morgan fingerprint density at radius 3 is 2.56 bits per heavy atom. The molecule has 1 amide bonds. The van der Waals surface area contributed by atoms with Crippen molar-refractivity contribution in [3.05, 3.63) is 71.0 Å². The molecule has 1 aliphatic carbocycles. The third-order valence-corrected chi connectivity index (χ3v) is 9.30. The van der Waals surface area contributed by atoms with Gasteiger partial charge in [-0.1, -0.05) is 18.0 Å². The van der Waals surface area contributed by atoms with Crippen molar-refractivity contribution in [3.8, 4) is 5.69 Å². The van der Waals surface area contributed by atoms with Crippen molar-refractivity contribution < 1.29 is 26.4 Å². The second kappa shape index (κ2) is 9.51. The molecule has 3 aromatic rings. The van der Waals surface area contributed by atoms with Crippen LogP contribution in [0.4, 0.5) is 13.2 Å². The van der Waals surface area contributed by atoms with Gasteiger partial charge in [-0.2, -0.15) is 13.9 Å². The average Bonchev–Trinajstić information content (AvgIpc) is 3.41. The highest BCUT2D eigenvalue weighted by atomic mass is 35.5. The maximum atomic E-state index is 13.4. The van der Waals surface area contributed by atoms with E-state index in [4.69, 9.17) is 11.6 Å². The van der Waals surface area contributed by atoms with Crippen LogP contribution >= 0.6 is 11.6 Å². The van der Waals surface area contributed by atoms with Crippen molar-refractivity contribution in [3.63, 3.8) is 0 Å². The van der Waals surface area contributed by atoms with Crippen LogP contribution in [0.1, 0.15) is 44.4 Å². The van der Waals surface area contributed by atoms with Gasteiger partial charge in [-0.15, -0.1) is 0 Å². The van der Waals surface area contributed by atoms with E-state index in [1.807, 2.05) is 0 Å². The molecule has 1 aromatic carbocycles. The Bertz CT molecular complexity index is 1370. The summed E-state index contributed by atoms with van der Waals surface area (Å²) in [6, 6.07) is 7.19. The molecule has 0 saturated heterocycles. The van der Waals surface area contributed by atoms with Crippen molar-refractivity contribution in [1.82, 2.24) is 20.1 Å². The number of sulfone groups is 1. The normalized spacial score (nSPS) is 20.4. The number of rotatable bonds is 7. The quantitative estimate of drug-likeness (QED) is 0.434. The molecule has 1 saturated carbocycles. The smallest absolute Gasteiger partial charge is 0.286 e. The Morgan fingerprint density at radius 2 is 1.94 bits per heavy atom. The fraction of sp³-hybridized carbons (Fsp3) is 0.375. The molecule has 4 rings (SSSR count). The lowest BCUT2D eigenvalue weighted by Crippen LogP contribution is -2.46. The third kappa shape index (κ3) is 4.99. The number of hydrogen-bond acceptors (Lipinski definition) is 5. The molecule has 2 aromatic heterocycles. The maximum absolute atomic E-state index is 13.4. The largest absolute Gasteiger partial charge is 0.351 e. The lowest BCUT2D eigenvalue weighted by molar-refractivity contribution is -0.129. The molecule has 1 N–H and O–H groups in total.